The number of benzene rings is 3. The SMILES string of the molecule is O=C(Cn1cc(C=C2SC(=O)NC2=O)c2ccccc21)NCc1ccc(Cl)cc1.O=C(O)Cn1cc(C=C2SC(=O)NC2=O)c2ccccc21. The molecular formula is C35H26ClN5O7S2. The third-order valence-corrected chi connectivity index (χ3v) is 9.39. The van der Waals surface area contributed by atoms with Crippen molar-refractivity contribution in [2.75, 3.05) is 0 Å². The lowest BCUT2D eigenvalue weighted by atomic mass is 10.1. The Balaban J connectivity index is 0.000000182. The fraction of sp³-hybridized carbons (Fsp3) is 0.0857. The smallest absolute Gasteiger partial charge is 0.323 e. The monoisotopic (exact) mass is 727 g/mol. The van der Waals surface area contributed by atoms with Gasteiger partial charge in [0, 0.05) is 56.9 Å². The number of carboxylic acid groups (broad SMARTS) is 1. The van der Waals surface area contributed by atoms with E-state index in [1.807, 2.05) is 71.4 Å². The van der Waals surface area contributed by atoms with Gasteiger partial charge in [0.25, 0.3) is 22.3 Å². The van der Waals surface area contributed by atoms with Gasteiger partial charge in [-0.2, -0.15) is 0 Å². The van der Waals surface area contributed by atoms with Crippen LogP contribution in [0.15, 0.2) is 95.0 Å². The number of hydrogen-bond acceptors (Lipinski definition) is 8. The number of hydrogen-bond donors (Lipinski definition) is 4. The highest BCUT2D eigenvalue weighted by Gasteiger charge is 2.26. The molecule has 0 aliphatic carbocycles. The Bertz CT molecular complexity index is 2270. The Morgan fingerprint density at radius 2 is 1.20 bits per heavy atom. The number of nitrogens with zero attached hydrogens (tertiary/aromatic N) is 2. The molecule has 4 heterocycles. The summed E-state index contributed by atoms with van der Waals surface area (Å²) in [6.45, 7) is 0.378. The Labute approximate surface area is 297 Å². The number of rotatable bonds is 8. The van der Waals surface area contributed by atoms with Gasteiger partial charge < -0.3 is 19.6 Å². The van der Waals surface area contributed by atoms with E-state index in [-0.39, 0.29) is 24.2 Å². The van der Waals surface area contributed by atoms with E-state index in [4.69, 9.17) is 16.7 Å². The molecule has 12 nitrogen and oxygen atoms in total. The van der Waals surface area contributed by atoms with Gasteiger partial charge in [0.1, 0.15) is 13.1 Å². The molecular weight excluding hydrogens is 702 g/mol. The number of aromatic nitrogens is 2. The lowest BCUT2D eigenvalue weighted by Crippen LogP contribution is -2.26. The summed E-state index contributed by atoms with van der Waals surface area (Å²) in [4.78, 5) is 70.0. The molecule has 2 saturated heterocycles. The predicted octanol–water partition coefficient (Wildman–Crippen LogP) is 5.98. The van der Waals surface area contributed by atoms with Crippen molar-refractivity contribution >= 4 is 103 Å². The fourth-order valence-electron chi connectivity index (χ4n) is 5.33. The van der Waals surface area contributed by atoms with Crippen molar-refractivity contribution in [2.45, 2.75) is 19.6 Å². The van der Waals surface area contributed by atoms with Gasteiger partial charge in [-0.25, -0.2) is 0 Å². The quantitative estimate of drug-likeness (QED) is 0.140. The molecule has 2 fully saturated rings. The molecule has 0 radical (unpaired) electrons. The van der Waals surface area contributed by atoms with Crippen LogP contribution >= 0.6 is 35.1 Å². The summed E-state index contributed by atoms with van der Waals surface area (Å²) >= 11 is 7.58. The molecule has 7 rings (SSSR count). The molecule has 3 aromatic carbocycles. The van der Waals surface area contributed by atoms with E-state index in [2.05, 4.69) is 16.0 Å². The maximum atomic E-state index is 12.5. The zero-order valence-corrected chi connectivity index (χ0v) is 28.2. The number of halogens is 1. The van der Waals surface area contributed by atoms with Gasteiger partial charge in [0.05, 0.1) is 9.81 Å². The zero-order valence-electron chi connectivity index (χ0n) is 25.8. The van der Waals surface area contributed by atoms with Crippen LogP contribution in [0.3, 0.4) is 0 Å². The lowest BCUT2D eigenvalue weighted by Gasteiger charge is -2.07. The summed E-state index contributed by atoms with van der Waals surface area (Å²) in [6.07, 6.45) is 6.76. The third kappa shape index (κ3) is 8.00. The lowest BCUT2D eigenvalue weighted by molar-refractivity contribution is -0.137. The molecule has 0 saturated carbocycles. The number of para-hydroxylation sites is 2. The first kappa shape index (κ1) is 34.3. The Hall–Kier alpha value is -5.57. The molecule has 2 aromatic heterocycles. The Morgan fingerprint density at radius 3 is 1.66 bits per heavy atom. The van der Waals surface area contributed by atoms with Crippen molar-refractivity contribution in [1.82, 2.24) is 25.1 Å². The van der Waals surface area contributed by atoms with Crippen molar-refractivity contribution in [1.29, 1.82) is 0 Å². The van der Waals surface area contributed by atoms with Gasteiger partial charge in [-0.3, -0.25) is 39.4 Å². The molecule has 15 heteroatoms. The second-order valence-electron chi connectivity index (χ2n) is 11.0. The summed E-state index contributed by atoms with van der Waals surface area (Å²) < 4.78 is 3.43. The van der Waals surface area contributed by atoms with Crippen molar-refractivity contribution in [2.24, 2.45) is 0 Å². The predicted molar refractivity (Wildman–Crippen MR) is 193 cm³/mol. The summed E-state index contributed by atoms with van der Waals surface area (Å²) in [6, 6.07) is 22.2. The van der Waals surface area contributed by atoms with E-state index >= 15 is 0 Å². The zero-order chi connectivity index (χ0) is 35.4. The summed E-state index contributed by atoms with van der Waals surface area (Å²) in [5.74, 6) is -1.92. The second-order valence-corrected chi connectivity index (χ2v) is 13.4. The number of imide groups is 2. The number of nitrogens with one attached hydrogen (secondary N) is 3. The Kier molecular flexibility index (Phi) is 10.2. The summed E-state index contributed by atoms with van der Waals surface area (Å²) in [7, 11) is 0. The van der Waals surface area contributed by atoms with E-state index < -0.39 is 23.0 Å². The number of thioether (sulfide) groups is 2. The minimum Gasteiger partial charge on any atom is -0.480 e. The van der Waals surface area contributed by atoms with E-state index in [9.17, 15) is 28.8 Å². The van der Waals surface area contributed by atoms with Crippen molar-refractivity contribution < 1.29 is 33.9 Å². The number of aliphatic carboxylic acids is 1. The van der Waals surface area contributed by atoms with Crippen LogP contribution in [-0.4, -0.2) is 48.4 Å². The van der Waals surface area contributed by atoms with Gasteiger partial charge in [0.15, 0.2) is 0 Å². The normalized spacial score (nSPS) is 15.8. The standard InChI is InChI=1S/C21H16ClN3O3S.C14H10N2O4S/c22-15-7-5-13(6-8-15)10-23-19(26)12-25-11-14(16-3-1-2-4-17(16)25)9-18-20(27)24-21(28)29-18;17-12(18)7-16-6-8(9-3-1-2-4-10(9)16)5-11-13(19)15-14(20)21-11/h1-9,11H,10,12H2,(H,23,26)(H,24,27,28);1-6H,7H2,(H,17,18)(H,15,19,20). The number of carbonyl (C=O) groups excluding carboxylic acids is 5. The first-order chi connectivity index (χ1) is 24.0. The molecule has 0 unspecified atom stereocenters. The molecule has 5 aromatic rings. The van der Waals surface area contributed by atoms with Crippen LogP contribution in [0.5, 0.6) is 0 Å². The van der Waals surface area contributed by atoms with E-state index in [0.29, 0.717) is 26.9 Å². The van der Waals surface area contributed by atoms with Gasteiger partial charge in [-0.15, -0.1) is 0 Å². The number of carboxylic acids is 1. The molecule has 0 bridgehead atoms. The highest BCUT2D eigenvalue weighted by Crippen LogP contribution is 2.31. The molecule has 4 N–H and O–H groups in total. The molecule has 0 spiro atoms. The van der Waals surface area contributed by atoms with E-state index in [1.165, 1.54) is 0 Å². The van der Waals surface area contributed by atoms with Crippen LogP contribution in [0, 0.1) is 0 Å². The highest BCUT2D eigenvalue weighted by molar-refractivity contribution is 8.18. The average Bonchev–Trinajstić information content (AvgIpc) is 3.80. The first-order valence-corrected chi connectivity index (χ1v) is 16.9. The summed E-state index contributed by atoms with van der Waals surface area (Å²) in [5, 5.41) is 17.9. The van der Waals surface area contributed by atoms with Crippen LogP contribution in [0.4, 0.5) is 9.59 Å². The average molecular weight is 728 g/mol. The number of carbonyl (C=O) groups is 6. The summed E-state index contributed by atoms with van der Waals surface area (Å²) in [5.41, 5.74) is 4.08. The minimum atomic E-state index is -0.946. The molecule has 5 amide bonds. The van der Waals surface area contributed by atoms with E-state index in [1.54, 1.807) is 35.0 Å². The minimum absolute atomic E-state index is 0.134. The third-order valence-electron chi connectivity index (χ3n) is 7.52. The van der Waals surface area contributed by atoms with Gasteiger partial charge in [-0.1, -0.05) is 60.1 Å². The Morgan fingerprint density at radius 1 is 0.720 bits per heavy atom. The molecule has 252 valence electrons. The van der Waals surface area contributed by atoms with Crippen LogP contribution < -0.4 is 16.0 Å². The van der Waals surface area contributed by atoms with Crippen LogP contribution in [0.2, 0.25) is 5.02 Å². The van der Waals surface area contributed by atoms with Crippen LogP contribution in [0.1, 0.15) is 16.7 Å². The maximum absolute atomic E-state index is 12.5. The molecule has 0 atom stereocenters. The van der Waals surface area contributed by atoms with Crippen molar-refractivity contribution in [3.63, 3.8) is 0 Å². The molecule has 2 aliphatic heterocycles. The van der Waals surface area contributed by atoms with Gasteiger partial charge in [0.2, 0.25) is 5.91 Å². The van der Waals surface area contributed by atoms with Crippen molar-refractivity contribution in [3.05, 3.63) is 117 Å². The van der Waals surface area contributed by atoms with Gasteiger partial charge >= 0.3 is 5.97 Å². The van der Waals surface area contributed by atoms with E-state index in [0.717, 1.165) is 56.5 Å². The molecule has 50 heavy (non-hydrogen) atoms. The highest BCUT2D eigenvalue weighted by atomic mass is 35.5. The first-order valence-electron chi connectivity index (χ1n) is 14.9. The second kappa shape index (κ2) is 14.9. The number of fused-ring (bicyclic) bond motifs is 2. The molecule has 2 aliphatic rings. The fourth-order valence-corrected chi connectivity index (χ4v) is 6.80. The maximum Gasteiger partial charge on any atom is 0.323 e. The van der Waals surface area contributed by atoms with Crippen LogP contribution in [-0.2, 0) is 38.8 Å². The number of amides is 5. The van der Waals surface area contributed by atoms with Crippen molar-refractivity contribution in [3.8, 4) is 0 Å². The topological polar surface area (TPSA) is 169 Å². The van der Waals surface area contributed by atoms with Crippen LogP contribution in [0.25, 0.3) is 34.0 Å². The largest absolute Gasteiger partial charge is 0.480 e. The van der Waals surface area contributed by atoms with Gasteiger partial charge in [-0.05, 0) is 65.5 Å².